The van der Waals surface area contributed by atoms with Gasteiger partial charge in [-0.3, -0.25) is 4.79 Å². The molecule has 7 nitrogen and oxygen atoms in total. The normalized spacial score (nSPS) is 20.7. The molecular formula is C22H24N2O5S. The molecule has 1 aliphatic carbocycles. The van der Waals surface area contributed by atoms with Gasteiger partial charge in [0.1, 0.15) is 19.3 Å². The number of hydrogen-bond donors (Lipinski definition) is 1. The second-order valence-electron chi connectivity index (χ2n) is 7.91. The Kier molecular flexibility index (Phi) is 4.91. The third kappa shape index (κ3) is 3.44. The summed E-state index contributed by atoms with van der Waals surface area (Å²) in [4.78, 5) is 13.1. The lowest BCUT2D eigenvalue weighted by molar-refractivity contribution is -0.119. The molecule has 158 valence electrons. The highest BCUT2D eigenvalue weighted by molar-refractivity contribution is 7.89. The van der Waals surface area contributed by atoms with Gasteiger partial charge in [-0.05, 0) is 67.5 Å². The van der Waals surface area contributed by atoms with Gasteiger partial charge in [0, 0.05) is 18.3 Å². The number of anilines is 1. The first kappa shape index (κ1) is 19.4. The Morgan fingerprint density at radius 3 is 2.63 bits per heavy atom. The van der Waals surface area contributed by atoms with E-state index in [1.807, 2.05) is 12.1 Å². The van der Waals surface area contributed by atoms with Crippen molar-refractivity contribution in [3.05, 3.63) is 47.5 Å². The predicted octanol–water partition coefficient (Wildman–Crippen LogP) is 2.74. The van der Waals surface area contributed by atoms with E-state index in [9.17, 15) is 13.2 Å². The number of carbonyl (C=O) groups is 1. The van der Waals surface area contributed by atoms with Gasteiger partial charge in [-0.25, -0.2) is 8.42 Å². The number of fused-ring (bicyclic) bond motifs is 2. The van der Waals surface area contributed by atoms with E-state index in [1.54, 1.807) is 6.07 Å². The van der Waals surface area contributed by atoms with Gasteiger partial charge in [0.15, 0.2) is 11.5 Å². The Morgan fingerprint density at radius 2 is 1.77 bits per heavy atom. The minimum absolute atomic E-state index is 0.115. The summed E-state index contributed by atoms with van der Waals surface area (Å²) in [5, 5.41) is 2.93. The van der Waals surface area contributed by atoms with Crippen molar-refractivity contribution in [1.29, 1.82) is 0 Å². The van der Waals surface area contributed by atoms with Crippen molar-refractivity contribution < 1.29 is 22.7 Å². The maximum absolute atomic E-state index is 13.3. The van der Waals surface area contributed by atoms with Gasteiger partial charge in [0.2, 0.25) is 15.9 Å². The molecule has 1 N–H and O–H groups in total. The molecule has 0 unspecified atom stereocenters. The van der Waals surface area contributed by atoms with Crippen LogP contribution in [0.25, 0.3) is 0 Å². The number of sulfonamides is 1. The smallest absolute Gasteiger partial charge is 0.243 e. The molecule has 8 heteroatoms. The minimum Gasteiger partial charge on any atom is -0.486 e. The lowest BCUT2D eigenvalue weighted by atomic mass is 10.1. The van der Waals surface area contributed by atoms with Crippen LogP contribution in [0.4, 0.5) is 5.69 Å². The number of nitrogens with one attached hydrogen (secondary N) is 1. The maximum Gasteiger partial charge on any atom is 0.243 e. The fraction of sp³-hybridized carbons (Fsp3) is 0.409. The molecule has 2 aromatic carbocycles. The van der Waals surface area contributed by atoms with E-state index in [0.717, 1.165) is 24.9 Å². The Morgan fingerprint density at radius 1 is 0.967 bits per heavy atom. The summed E-state index contributed by atoms with van der Waals surface area (Å²) < 4.78 is 38.9. The zero-order valence-electron chi connectivity index (χ0n) is 16.6. The van der Waals surface area contributed by atoms with E-state index in [2.05, 4.69) is 11.4 Å². The van der Waals surface area contributed by atoms with Gasteiger partial charge in [0.25, 0.3) is 0 Å². The zero-order chi connectivity index (χ0) is 20.7. The molecule has 30 heavy (non-hydrogen) atoms. The van der Waals surface area contributed by atoms with E-state index in [-0.39, 0.29) is 10.8 Å². The Bertz CT molecular complexity index is 1100. The molecule has 1 fully saturated rings. The van der Waals surface area contributed by atoms with E-state index < -0.39 is 16.1 Å². The van der Waals surface area contributed by atoms with Gasteiger partial charge in [-0.1, -0.05) is 6.07 Å². The molecule has 0 aromatic heterocycles. The fourth-order valence-electron chi connectivity index (χ4n) is 4.48. The molecule has 0 spiro atoms. The molecule has 0 radical (unpaired) electrons. The van der Waals surface area contributed by atoms with Crippen LogP contribution in [-0.4, -0.2) is 44.4 Å². The van der Waals surface area contributed by atoms with Crippen LogP contribution in [0, 0.1) is 0 Å². The highest BCUT2D eigenvalue weighted by Crippen LogP contribution is 2.35. The van der Waals surface area contributed by atoms with Crippen molar-refractivity contribution in [3.8, 4) is 11.5 Å². The van der Waals surface area contributed by atoms with Crippen molar-refractivity contribution in [3.63, 3.8) is 0 Å². The minimum atomic E-state index is -3.83. The van der Waals surface area contributed by atoms with E-state index in [0.29, 0.717) is 44.1 Å². The third-order valence-corrected chi connectivity index (χ3v) is 7.90. The van der Waals surface area contributed by atoms with Crippen LogP contribution in [0.2, 0.25) is 0 Å². The van der Waals surface area contributed by atoms with Gasteiger partial charge in [-0.15, -0.1) is 0 Å². The topological polar surface area (TPSA) is 84.9 Å². The van der Waals surface area contributed by atoms with Crippen molar-refractivity contribution >= 4 is 21.6 Å². The fourth-order valence-corrected chi connectivity index (χ4v) is 6.16. The molecule has 5 rings (SSSR count). The van der Waals surface area contributed by atoms with Crippen LogP contribution >= 0.6 is 0 Å². The maximum atomic E-state index is 13.3. The first-order chi connectivity index (χ1) is 14.5. The molecular weight excluding hydrogens is 404 g/mol. The van der Waals surface area contributed by atoms with E-state index >= 15 is 0 Å². The van der Waals surface area contributed by atoms with Gasteiger partial charge < -0.3 is 14.8 Å². The average molecular weight is 429 g/mol. The number of aryl methyl sites for hydroxylation is 2. The molecule has 3 aliphatic rings. The largest absolute Gasteiger partial charge is 0.486 e. The second-order valence-corrected chi connectivity index (χ2v) is 9.80. The van der Waals surface area contributed by atoms with Crippen LogP contribution in [0.3, 0.4) is 0 Å². The first-order valence-electron chi connectivity index (χ1n) is 10.4. The van der Waals surface area contributed by atoms with Crippen LogP contribution in [0.15, 0.2) is 41.3 Å². The second kappa shape index (κ2) is 7.59. The number of benzene rings is 2. The number of nitrogens with zero attached hydrogens (tertiary/aromatic N) is 1. The summed E-state index contributed by atoms with van der Waals surface area (Å²) in [6, 6.07) is 9.84. The van der Waals surface area contributed by atoms with Gasteiger partial charge in [-0.2, -0.15) is 4.31 Å². The molecule has 1 amide bonds. The number of carbonyl (C=O) groups excluding carboxylic acids is 1. The average Bonchev–Trinajstić information content (AvgIpc) is 3.43. The van der Waals surface area contributed by atoms with Crippen LogP contribution in [0.5, 0.6) is 11.5 Å². The monoisotopic (exact) mass is 428 g/mol. The summed E-state index contributed by atoms with van der Waals surface area (Å²) in [5.74, 6) is 0.666. The van der Waals surface area contributed by atoms with E-state index in [4.69, 9.17) is 9.47 Å². The van der Waals surface area contributed by atoms with Crippen LogP contribution in [0.1, 0.15) is 30.4 Å². The lowest BCUT2D eigenvalue weighted by Gasteiger charge is -2.25. The quantitative estimate of drug-likeness (QED) is 0.810. The van der Waals surface area contributed by atoms with Crippen LogP contribution < -0.4 is 14.8 Å². The molecule has 0 bridgehead atoms. The molecule has 1 atom stereocenters. The molecule has 0 saturated carbocycles. The SMILES string of the molecule is O=C(Nc1ccc2c(c1)CCC2)[C@H]1CCCN1S(=O)(=O)c1ccc2c(c1)OCCO2. The van der Waals surface area contributed by atoms with Crippen molar-refractivity contribution in [2.24, 2.45) is 0 Å². The molecule has 2 aromatic rings. The summed E-state index contributed by atoms with van der Waals surface area (Å²) in [6.45, 7) is 1.14. The lowest BCUT2D eigenvalue weighted by Crippen LogP contribution is -2.43. The first-order valence-corrected chi connectivity index (χ1v) is 11.8. The summed E-state index contributed by atoms with van der Waals surface area (Å²) in [6.07, 6.45) is 4.38. The Labute approximate surface area is 176 Å². The summed E-state index contributed by atoms with van der Waals surface area (Å²) in [5.41, 5.74) is 3.32. The van der Waals surface area contributed by atoms with E-state index in [1.165, 1.54) is 27.6 Å². The van der Waals surface area contributed by atoms with Crippen molar-refractivity contribution in [1.82, 2.24) is 4.31 Å². The highest BCUT2D eigenvalue weighted by Gasteiger charge is 2.40. The van der Waals surface area contributed by atoms with Crippen LogP contribution in [-0.2, 0) is 27.7 Å². The standard InChI is InChI=1S/C22H24N2O5S/c25-22(23-17-7-6-15-3-1-4-16(15)13-17)19-5-2-10-24(19)30(26,27)18-8-9-20-21(14-18)29-12-11-28-20/h6-9,13-14,19H,1-5,10-12H2,(H,23,25)/t19-/m1/s1. The number of rotatable bonds is 4. The number of ether oxygens (including phenoxy) is 2. The number of hydrogen-bond acceptors (Lipinski definition) is 5. The number of amides is 1. The van der Waals surface area contributed by atoms with Gasteiger partial charge >= 0.3 is 0 Å². The highest BCUT2D eigenvalue weighted by atomic mass is 32.2. The predicted molar refractivity (Wildman–Crippen MR) is 111 cm³/mol. The Balaban J connectivity index is 1.37. The Hall–Kier alpha value is -2.58. The summed E-state index contributed by atoms with van der Waals surface area (Å²) >= 11 is 0. The molecule has 2 heterocycles. The zero-order valence-corrected chi connectivity index (χ0v) is 17.4. The molecule has 2 aliphatic heterocycles. The van der Waals surface area contributed by atoms with Crippen molar-refractivity contribution in [2.75, 3.05) is 25.1 Å². The molecule has 1 saturated heterocycles. The van der Waals surface area contributed by atoms with Gasteiger partial charge in [0.05, 0.1) is 4.90 Å². The summed E-state index contributed by atoms with van der Waals surface area (Å²) in [7, 11) is -3.83. The third-order valence-electron chi connectivity index (χ3n) is 5.99. The van der Waals surface area contributed by atoms with Crippen molar-refractivity contribution in [2.45, 2.75) is 43.0 Å².